The molecule has 1 amide bonds. The molecule has 1 aromatic carbocycles. The fourth-order valence-corrected chi connectivity index (χ4v) is 3.39. The molecule has 3 rings (SSSR count). The van der Waals surface area contributed by atoms with Crippen LogP contribution in [0.25, 0.3) is 11.0 Å². The van der Waals surface area contributed by atoms with Crippen LogP contribution >= 0.6 is 15.9 Å². The number of hydrogen-bond donors (Lipinski definition) is 2. The lowest BCUT2D eigenvalue weighted by atomic mass is 10.2. The number of benzene rings is 1. The van der Waals surface area contributed by atoms with E-state index in [4.69, 9.17) is 0 Å². The van der Waals surface area contributed by atoms with Crippen molar-refractivity contribution in [2.45, 2.75) is 4.90 Å². The van der Waals surface area contributed by atoms with Gasteiger partial charge in [-0.3, -0.25) is 9.89 Å². The van der Waals surface area contributed by atoms with Crippen LogP contribution in [0.5, 0.6) is 0 Å². The second-order valence-corrected chi connectivity index (χ2v) is 7.81. The molecule has 9 heteroatoms. The van der Waals surface area contributed by atoms with E-state index in [0.29, 0.717) is 21.2 Å². The van der Waals surface area contributed by atoms with Crippen LogP contribution in [0.15, 0.2) is 45.9 Å². The van der Waals surface area contributed by atoms with Crippen LogP contribution in [0.2, 0.25) is 0 Å². The predicted octanol–water partition coefficient (Wildman–Crippen LogP) is 2.38. The molecule has 0 aliphatic heterocycles. The highest BCUT2D eigenvalue weighted by Gasteiger charge is 2.16. The fourth-order valence-electron chi connectivity index (χ4n) is 2.07. The second-order valence-electron chi connectivity index (χ2n) is 4.88. The van der Waals surface area contributed by atoms with Gasteiger partial charge in [-0.15, -0.1) is 0 Å². The Morgan fingerprint density at radius 1 is 1.30 bits per heavy atom. The summed E-state index contributed by atoms with van der Waals surface area (Å²) >= 11 is 3.24. The smallest absolute Gasteiger partial charge is 0.274 e. The Labute approximate surface area is 140 Å². The number of H-pyrrole nitrogens is 1. The normalized spacial score (nSPS) is 11.6. The molecule has 23 heavy (non-hydrogen) atoms. The first-order valence-corrected chi connectivity index (χ1v) is 9.14. The van der Waals surface area contributed by atoms with Gasteiger partial charge in [-0.2, -0.15) is 5.10 Å². The SMILES string of the molecule is CS(=O)(=O)c1cc(Br)cc(NC(=O)c2[nH]nc3ncccc23)c1. The molecule has 0 aliphatic rings. The molecule has 0 saturated carbocycles. The van der Waals surface area contributed by atoms with Crippen LogP contribution < -0.4 is 5.32 Å². The quantitative estimate of drug-likeness (QED) is 0.709. The average molecular weight is 395 g/mol. The maximum absolute atomic E-state index is 12.4. The van der Waals surface area contributed by atoms with Gasteiger partial charge in [-0.25, -0.2) is 13.4 Å². The van der Waals surface area contributed by atoms with Gasteiger partial charge in [0.25, 0.3) is 5.91 Å². The minimum Gasteiger partial charge on any atom is -0.321 e. The second kappa shape index (κ2) is 5.74. The summed E-state index contributed by atoms with van der Waals surface area (Å²) in [6.45, 7) is 0. The van der Waals surface area contributed by atoms with Crippen molar-refractivity contribution in [3.63, 3.8) is 0 Å². The van der Waals surface area contributed by atoms with Crippen LogP contribution in [0.3, 0.4) is 0 Å². The van der Waals surface area contributed by atoms with Crippen LogP contribution in [0.1, 0.15) is 10.5 Å². The number of rotatable bonds is 3. The summed E-state index contributed by atoms with van der Waals surface area (Å²) in [5.74, 6) is -0.432. The number of amides is 1. The lowest BCUT2D eigenvalue weighted by molar-refractivity contribution is 0.102. The van der Waals surface area contributed by atoms with E-state index < -0.39 is 15.7 Å². The number of pyridine rings is 1. The average Bonchev–Trinajstić information content (AvgIpc) is 2.89. The predicted molar refractivity (Wildman–Crippen MR) is 89.1 cm³/mol. The summed E-state index contributed by atoms with van der Waals surface area (Å²) in [6.07, 6.45) is 2.69. The number of nitrogens with zero attached hydrogens (tertiary/aromatic N) is 2. The molecule has 0 bridgehead atoms. The Bertz CT molecular complexity index is 1010. The first-order valence-electron chi connectivity index (χ1n) is 6.46. The van der Waals surface area contributed by atoms with Gasteiger partial charge in [-0.05, 0) is 30.3 Å². The molecule has 2 N–H and O–H groups in total. The summed E-state index contributed by atoms with van der Waals surface area (Å²) < 4.78 is 23.9. The summed E-state index contributed by atoms with van der Waals surface area (Å²) in [5.41, 5.74) is 1.05. The number of hydrogen-bond acceptors (Lipinski definition) is 5. The van der Waals surface area contributed by atoms with E-state index in [2.05, 4.69) is 36.4 Å². The van der Waals surface area contributed by atoms with Gasteiger partial charge in [0.15, 0.2) is 15.5 Å². The van der Waals surface area contributed by atoms with Crippen molar-refractivity contribution >= 4 is 48.4 Å². The van der Waals surface area contributed by atoms with Gasteiger partial charge < -0.3 is 5.32 Å². The molecule has 118 valence electrons. The van der Waals surface area contributed by atoms with Crippen molar-refractivity contribution in [2.75, 3.05) is 11.6 Å². The van der Waals surface area contributed by atoms with Crippen molar-refractivity contribution in [3.8, 4) is 0 Å². The number of halogens is 1. The van der Waals surface area contributed by atoms with Gasteiger partial charge >= 0.3 is 0 Å². The molecule has 0 spiro atoms. The largest absolute Gasteiger partial charge is 0.321 e. The van der Waals surface area contributed by atoms with E-state index in [-0.39, 0.29) is 10.6 Å². The molecule has 0 unspecified atom stereocenters. The minimum atomic E-state index is -3.38. The van der Waals surface area contributed by atoms with Crippen LogP contribution in [0.4, 0.5) is 5.69 Å². The summed E-state index contributed by atoms with van der Waals surface area (Å²) in [7, 11) is -3.38. The Hall–Kier alpha value is -2.26. The summed E-state index contributed by atoms with van der Waals surface area (Å²) in [6, 6.07) is 7.91. The molecule has 2 aromatic heterocycles. The number of aromatic nitrogens is 3. The molecule has 7 nitrogen and oxygen atoms in total. The maximum atomic E-state index is 12.4. The topological polar surface area (TPSA) is 105 Å². The molecule has 3 aromatic rings. The highest BCUT2D eigenvalue weighted by atomic mass is 79.9. The first kappa shape index (κ1) is 15.6. The van der Waals surface area contributed by atoms with Gasteiger partial charge in [0.2, 0.25) is 0 Å². The molecular weight excluding hydrogens is 384 g/mol. The Morgan fingerprint density at radius 3 is 2.83 bits per heavy atom. The van der Waals surface area contributed by atoms with Crippen molar-refractivity contribution in [3.05, 3.63) is 46.7 Å². The Kier molecular flexibility index (Phi) is 3.90. The van der Waals surface area contributed by atoms with Gasteiger partial charge in [0.1, 0.15) is 5.69 Å². The van der Waals surface area contributed by atoms with Gasteiger partial charge in [0, 0.05) is 22.6 Å². The number of nitrogens with one attached hydrogen (secondary N) is 2. The van der Waals surface area contributed by atoms with Crippen LogP contribution in [-0.2, 0) is 9.84 Å². The number of aromatic amines is 1. The van der Waals surface area contributed by atoms with Crippen molar-refractivity contribution in [1.82, 2.24) is 15.2 Å². The van der Waals surface area contributed by atoms with Crippen molar-refractivity contribution in [1.29, 1.82) is 0 Å². The van der Waals surface area contributed by atoms with Crippen LogP contribution in [-0.4, -0.2) is 35.8 Å². The standard InChI is InChI=1S/C14H11BrN4O3S/c1-23(21,22)10-6-8(15)5-9(7-10)17-14(20)12-11-3-2-4-16-13(11)19-18-12/h2-7H,1H3,(H,17,20)(H,16,18,19). The van der Waals surface area contributed by atoms with Gasteiger partial charge in [0.05, 0.1) is 10.3 Å². The van der Waals surface area contributed by atoms with E-state index in [1.165, 1.54) is 12.1 Å². The van der Waals surface area contributed by atoms with Crippen molar-refractivity contribution in [2.24, 2.45) is 0 Å². The third kappa shape index (κ3) is 3.25. The monoisotopic (exact) mass is 394 g/mol. The molecule has 0 saturated heterocycles. The van der Waals surface area contributed by atoms with Gasteiger partial charge in [-0.1, -0.05) is 15.9 Å². The minimum absolute atomic E-state index is 0.110. The van der Waals surface area contributed by atoms with E-state index >= 15 is 0 Å². The Morgan fingerprint density at radius 2 is 2.09 bits per heavy atom. The number of carbonyl (C=O) groups excluding carboxylic acids is 1. The third-order valence-corrected chi connectivity index (χ3v) is 4.66. The number of carbonyl (C=O) groups is 1. The first-order chi connectivity index (χ1) is 10.8. The zero-order valence-electron chi connectivity index (χ0n) is 11.9. The zero-order chi connectivity index (χ0) is 16.6. The summed E-state index contributed by atoms with van der Waals surface area (Å²) in [4.78, 5) is 16.5. The molecule has 2 heterocycles. The molecule has 0 aliphatic carbocycles. The molecule has 0 radical (unpaired) electrons. The van der Waals surface area contributed by atoms with E-state index in [0.717, 1.165) is 6.26 Å². The van der Waals surface area contributed by atoms with E-state index in [9.17, 15) is 13.2 Å². The number of anilines is 1. The lowest BCUT2D eigenvalue weighted by Crippen LogP contribution is -2.13. The third-order valence-electron chi connectivity index (χ3n) is 3.11. The highest BCUT2D eigenvalue weighted by Crippen LogP contribution is 2.24. The highest BCUT2D eigenvalue weighted by molar-refractivity contribution is 9.10. The summed E-state index contributed by atoms with van der Waals surface area (Å²) in [5, 5.41) is 9.84. The molecule has 0 fully saturated rings. The van der Waals surface area contributed by atoms with E-state index in [1.807, 2.05) is 0 Å². The fraction of sp³-hybridized carbons (Fsp3) is 0.0714. The lowest BCUT2D eigenvalue weighted by Gasteiger charge is -2.07. The Balaban J connectivity index is 1.96. The van der Waals surface area contributed by atoms with E-state index in [1.54, 1.807) is 24.4 Å². The van der Waals surface area contributed by atoms with Crippen LogP contribution in [0, 0.1) is 0 Å². The zero-order valence-corrected chi connectivity index (χ0v) is 14.3. The molecular formula is C14H11BrN4O3S. The number of sulfone groups is 1. The number of fused-ring (bicyclic) bond motifs is 1. The molecule has 0 atom stereocenters. The maximum Gasteiger partial charge on any atom is 0.274 e. The van der Waals surface area contributed by atoms with Crippen molar-refractivity contribution < 1.29 is 13.2 Å².